The van der Waals surface area contributed by atoms with E-state index in [1.807, 2.05) is 0 Å². The number of hydrogen-bond donors (Lipinski definition) is 2. The fraction of sp³-hybridized carbons (Fsp3) is 0.200. The molecule has 112 valence electrons. The minimum absolute atomic E-state index is 0.366. The van der Waals surface area contributed by atoms with Gasteiger partial charge in [-0.05, 0) is 35.4 Å². The lowest BCUT2D eigenvalue weighted by Gasteiger charge is -2.19. The summed E-state index contributed by atoms with van der Waals surface area (Å²) < 4.78 is 37.1. The molecule has 2 aromatic carbocycles. The van der Waals surface area contributed by atoms with Crippen molar-refractivity contribution in [2.45, 2.75) is 6.04 Å². The average Bonchev–Trinajstić information content (AvgIpc) is 2.46. The largest absolute Gasteiger partial charge is 0.497 e. The van der Waals surface area contributed by atoms with Crippen LogP contribution in [0.1, 0.15) is 17.2 Å². The van der Waals surface area contributed by atoms with Crippen LogP contribution < -0.4 is 20.7 Å². The van der Waals surface area contributed by atoms with E-state index >= 15 is 0 Å². The number of nitrogens with two attached hydrogens (primary N) is 1. The monoisotopic (exact) mass is 294 g/mol. The maximum Gasteiger partial charge on any atom is 0.126 e. The number of rotatable bonds is 5. The molecule has 2 aromatic rings. The molecule has 2 rings (SSSR count). The number of benzene rings is 2. The third kappa shape index (κ3) is 3.48. The molecule has 0 saturated carbocycles. The van der Waals surface area contributed by atoms with Crippen LogP contribution in [0.3, 0.4) is 0 Å². The maximum atomic E-state index is 13.4. The van der Waals surface area contributed by atoms with Gasteiger partial charge in [0, 0.05) is 12.1 Å². The van der Waals surface area contributed by atoms with Crippen LogP contribution in [0.2, 0.25) is 0 Å². The average molecular weight is 294 g/mol. The molecule has 0 bridgehead atoms. The minimum Gasteiger partial charge on any atom is -0.497 e. The molecular weight excluding hydrogens is 278 g/mol. The van der Waals surface area contributed by atoms with Crippen molar-refractivity contribution < 1.29 is 18.3 Å². The van der Waals surface area contributed by atoms with Crippen LogP contribution in [-0.2, 0) is 0 Å². The van der Waals surface area contributed by atoms with Crippen molar-refractivity contribution in [2.75, 3.05) is 14.2 Å². The van der Waals surface area contributed by atoms with Crippen molar-refractivity contribution in [3.8, 4) is 11.5 Å². The standard InChI is InChI=1S/C15H16F2N2O2/c1-20-13-5-10(6-14(8-13)21-2)15(19-18)9-3-11(16)7-12(17)4-9/h3-8,15,19H,18H2,1-2H3. The summed E-state index contributed by atoms with van der Waals surface area (Å²) in [4.78, 5) is 0. The van der Waals surface area contributed by atoms with E-state index < -0.39 is 17.7 Å². The van der Waals surface area contributed by atoms with Crippen molar-refractivity contribution in [2.24, 2.45) is 5.84 Å². The van der Waals surface area contributed by atoms with Gasteiger partial charge in [-0.1, -0.05) is 0 Å². The van der Waals surface area contributed by atoms with Gasteiger partial charge in [0.05, 0.1) is 20.3 Å². The van der Waals surface area contributed by atoms with E-state index in [-0.39, 0.29) is 0 Å². The van der Waals surface area contributed by atoms with Crippen LogP contribution in [-0.4, -0.2) is 14.2 Å². The molecule has 0 aromatic heterocycles. The molecule has 21 heavy (non-hydrogen) atoms. The zero-order valence-corrected chi connectivity index (χ0v) is 11.7. The van der Waals surface area contributed by atoms with Crippen LogP contribution in [0.15, 0.2) is 36.4 Å². The Labute approximate surface area is 121 Å². The predicted molar refractivity (Wildman–Crippen MR) is 75.1 cm³/mol. The molecule has 0 heterocycles. The normalized spacial score (nSPS) is 12.0. The Morgan fingerprint density at radius 2 is 1.33 bits per heavy atom. The van der Waals surface area contributed by atoms with Gasteiger partial charge >= 0.3 is 0 Å². The van der Waals surface area contributed by atoms with Gasteiger partial charge in [-0.15, -0.1) is 0 Å². The summed E-state index contributed by atoms with van der Waals surface area (Å²) >= 11 is 0. The van der Waals surface area contributed by atoms with Crippen molar-refractivity contribution in [1.29, 1.82) is 0 Å². The summed E-state index contributed by atoms with van der Waals surface area (Å²) in [5, 5.41) is 0. The lowest BCUT2D eigenvalue weighted by atomic mass is 9.98. The van der Waals surface area contributed by atoms with Crippen LogP contribution in [0.5, 0.6) is 11.5 Å². The lowest BCUT2D eigenvalue weighted by Crippen LogP contribution is -2.29. The van der Waals surface area contributed by atoms with Gasteiger partial charge in [0.25, 0.3) is 0 Å². The van der Waals surface area contributed by atoms with E-state index in [9.17, 15) is 8.78 Å². The molecule has 0 aliphatic heterocycles. The third-order valence-electron chi connectivity index (χ3n) is 3.09. The quantitative estimate of drug-likeness (QED) is 0.657. The van der Waals surface area contributed by atoms with Crippen molar-refractivity contribution in [3.05, 3.63) is 59.2 Å². The molecule has 0 radical (unpaired) electrons. The second kappa shape index (κ2) is 6.51. The molecule has 1 unspecified atom stereocenters. The minimum atomic E-state index is -0.667. The molecule has 0 saturated heterocycles. The fourth-order valence-electron chi connectivity index (χ4n) is 2.12. The molecular formula is C15H16F2N2O2. The van der Waals surface area contributed by atoms with Crippen LogP contribution in [0.4, 0.5) is 8.78 Å². The molecule has 3 N–H and O–H groups in total. The molecule has 0 aliphatic rings. The van der Waals surface area contributed by atoms with Crippen molar-refractivity contribution >= 4 is 0 Å². The smallest absolute Gasteiger partial charge is 0.126 e. The summed E-state index contributed by atoms with van der Waals surface area (Å²) in [6, 6.07) is 7.79. The molecule has 0 amide bonds. The Morgan fingerprint density at radius 1 is 0.857 bits per heavy atom. The molecule has 0 spiro atoms. The van der Waals surface area contributed by atoms with E-state index in [1.165, 1.54) is 26.4 Å². The van der Waals surface area contributed by atoms with Crippen molar-refractivity contribution in [1.82, 2.24) is 5.43 Å². The van der Waals surface area contributed by atoms with Gasteiger partial charge in [-0.25, -0.2) is 14.2 Å². The predicted octanol–water partition coefficient (Wildman–Crippen LogP) is 2.53. The van der Waals surface area contributed by atoms with Gasteiger partial charge in [-0.3, -0.25) is 5.84 Å². The Morgan fingerprint density at radius 3 is 1.76 bits per heavy atom. The van der Waals surface area contributed by atoms with E-state index in [0.29, 0.717) is 22.6 Å². The first-order valence-corrected chi connectivity index (χ1v) is 6.22. The highest BCUT2D eigenvalue weighted by Gasteiger charge is 2.16. The topological polar surface area (TPSA) is 56.5 Å². The number of ether oxygens (including phenoxy) is 2. The summed E-state index contributed by atoms with van der Waals surface area (Å²) in [6.45, 7) is 0. The highest BCUT2D eigenvalue weighted by atomic mass is 19.1. The number of halogens is 2. The lowest BCUT2D eigenvalue weighted by molar-refractivity contribution is 0.392. The Hall–Kier alpha value is -2.18. The Kier molecular flexibility index (Phi) is 4.72. The van der Waals surface area contributed by atoms with Crippen LogP contribution in [0, 0.1) is 11.6 Å². The van der Waals surface area contributed by atoms with Crippen molar-refractivity contribution in [3.63, 3.8) is 0 Å². The van der Waals surface area contributed by atoms with Gasteiger partial charge in [-0.2, -0.15) is 0 Å². The molecule has 0 fully saturated rings. The number of methoxy groups -OCH3 is 2. The second-order valence-corrected chi connectivity index (χ2v) is 4.45. The molecule has 6 heteroatoms. The third-order valence-corrected chi connectivity index (χ3v) is 3.09. The molecule has 1 atom stereocenters. The summed E-state index contributed by atoms with van der Waals surface area (Å²) in [7, 11) is 3.04. The first kappa shape index (κ1) is 15.2. The second-order valence-electron chi connectivity index (χ2n) is 4.45. The summed E-state index contributed by atoms with van der Waals surface area (Å²) in [6.07, 6.45) is 0. The summed E-state index contributed by atoms with van der Waals surface area (Å²) in [5.41, 5.74) is 3.58. The first-order valence-electron chi connectivity index (χ1n) is 6.22. The van der Waals surface area contributed by atoms with E-state index in [0.717, 1.165) is 6.07 Å². The van der Waals surface area contributed by atoms with Gasteiger partial charge in [0.15, 0.2) is 0 Å². The SMILES string of the molecule is COc1cc(OC)cc(C(NN)c2cc(F)cc(F)c2)c1. The van der Waals surface area contributed by atoms with E-state index in [1.54, 1.807) is 18.2 Å². The number of nitrogens with one attached hydrogen (secondary N) is 1. The van der Waals surface area contributed by atoms with Crippen LogP contribution >= 0.6 is 0 Å². The molecule has 4 nitrogen and oxygen atoms in total. The summed E-state index contributed by atoms with van der Waals surface area (Å²) in [5.74, 6) is 5.32. The number of hydrazine groups is 1. The van der Waals surface area contributed by atoms with Crippen LogP contribution in [0.25, 0.3) is 0 Å². The zero-order valence-electron chi connectivity index (χ0n) is 11.7. The van der Waals surface area contributed by atoms with E-state index in [2.05, 4.69) is 5.43 Å². The number of hydrogen-bond acceptors (Lipinski definition) is 4. The zero-order chi connectivity index (χ0) is 15.4. The van der Waals surface area contributed by atoms with Gasteiger partial charge < -0.3 is 9.47 Å². The Bertz CT molecular complexity index is 593. The highest BCUT2D eigenvalue weighted by molar-refractivity contribution is 5.43. The Balaban J connectivity index is 2.49. The van der Waals surface area contributed by atoms with E-state index in [4.69, 9.17) is 15.3 Å². The highest BCUT2D eigenvalue weighted by Crippen LogP contribution is 2.30. The fourth-order valence-corrected chi connectivity index (χ4v) is 2.12. The first-order chi connectivity index (χ1) is 10.1. The van der Waals surface area contributed by atoms with Gasteiger partial charge in [0.2, 0.25) is 0 Å². The van der Waals surface area contributed by atoms with Gasteiger partial charge in [0.1, 0.15) is 23.1 Å². The molecule has 0 aliphatic carbocycles. The maximum absolute atomic E-state index is 13.4.